The molecule has 0 aliphatic rings. The van der Waals surface area contributed by atoms with Crippen LogP contribution in [0.1, 0.15) is 51.9 Å². The van der Waals surface area contributed by atoms with Crippen LogP contribution in [-0.4, -0.2) is 14.9 Å². The fraction of sp³-hybridized carbons (Fsp3) is 0.750. The molecule has 86 valence electrons. The summed E-state index contributed by atoms with van der Waals surface area (Å²) in [4.78, 5) is 0. The number of aryl methyl sites for hydroxylation is 1. The molecule has 1 heterocycles. The molecule has 3 heteroatoms. The molecule has 1 aromatic heterocycles. The first-order valence-corrected chi connectivity index (χ1v) is 5.63. The van der Waals surface area contributed by atoms with Crippen LogP contribution in [0.15, 0.2) is 0 Å². The van der Waals surface area contributed by atoms with Crippen molar-refractivity contribution < 1.29 is 5.11 Å². The van der Waals surface area contributed by atoms with Crippen LogP contribution in [0.2, 0.25) is 0 Å². The first kappa shape index (κ1) is 12.1. The van der Waals surface area contributed by atoms with Crippen molar-refractivity contribution in [3.8, 4) is 5.75 Å². The maximum absolute atomic E-state index is 10.1. The van der Waals surface area contributed by atoms with Crippen LogP contribution in [0.4, 0.5) is 0 Å². The van der Waals surface area contributed by atoms with E-state index in [0.29, 0.717) is 5.75 Å². The molecule has 0 atom stereocenters. The van der Waals surface area contributed by atoms with Gasteiger partial charge in [-0.2, -0.15) is 5.10 Å². The number of hydrogen-bond donors (Lipinski definition) is 1. The summed E-state index contributed by atoms with van der Waals surface area (Å²) in [5.74, 6) is 0.387. The second kappa shape index (κ2) is 4.25. The number of rotatable bonds is 3. The molecular weight excluding hydrogens is 188 g/mol. The van der Waals surface area contributed by atoms with Crippen LogP contribution in [0, 0.1) is 0 Å². The molecule has 1 N–H and O–H groups in total. The fourth-order valence-corrected chi connectivity index (χ4v) is 1.68. The van der Waals surface area contributed by atoms with Gasteiger partial charge in [0.25, 0.3) is 0 Å². The standard InChI is InChI=1S/C12H22N2O/c1-6-7-8-9-10(15)11(12(2,3)4)13-14(9)5/h15H,6-8H2,1-5H3. The Bertz CT molecular complexity index is 334. The van der Waals surface area contributed by atoms with Crippen LogP contribution in [0.3, 0.4) is 0 Å². The summed E-state index contributed by atoms with van der Waals surface area (Å²) in [7, 11) is 1.90. The minimum atomic E-state index is -0.0910. The lowest BCUT2D eigenvalue weighted by Crippen LogP contribution is -2.12. The highest BCUT2D eigenvalue weighted by atomic mass is 16.3. The van der Waals surface area contributed by atoms with Crippen molar-refractivity contribution in [2.75, 3.05) is 0 Å². The Morgan fingerprint density at radius 1 is 1.33 bits per heavy atom. The highest BCUT2D eigenvalue weighted by molar-refractivity contribution is 5.36. The number of aromatic nitrogens is 2. The van der Waals surface area contributed by atoms with Gasteiger partial charge < -0.3 is 5.11 Å². The smallest absolute Gasteiger partial charge is 0.160 e. The average Bonchev–Trinajstić information content (AvgIpc) is 2.39. The van der Waals surface area contributed by atoms with E-state index >= 15 is 0 Å². The number of aromatic hydroxyl groups is 1. The summed E-state index contributed by atoms with van der Waals surface area (Å²) in [5, 5.41) is 14.5. The third-order valence-electron chi connectivity index (χ3n) is 2.62. The van der Waals surface area contributed by atoms with Crippen molar-refractivity contribution in [1.29, 1.82) is 0 Å². The zero-order valence-corrected chi connectivity index (χ0v) is 10.5. The Morgan fingerprint density at radius 3 is 2.33 bits per heavy atom. The van der Waals surface area contributed by atoms with Crippen LogP contribution in [0.5, 0.6) is 5.75 Å². The third-order valence-corrected chi connectivity index (χ3v) is 2.62. The zero-order valence-electron chi connectivity index (χ0n) is 10.5. The van der Waals surface area contributed by atoms with Crippen molar-refractivity contribution in [1.82, 2.24) is 9.78 Å². The number of nitrogens with zero attached hydrogens (tertiary/aromatic N) is 2. The zero-order chi connectivity index (χ0) is 11.6. The van der Waals surface area contributed by atoms with E-state index in [1.54, 1.807) is 0 Å². The van der Waals surface area contributed by atoms with Crippen molar-refractivity contribution >= 4 is 0 Å². The van der Waals surface area contributed by atoms with Gasteiger partial charge in [0.15, 0.2) is 5.75 Å². The highest BCUT2D eigenvalue weighted by Crippen LogP contribution is 2.32. The monoisotopic (exact) mass is 210 g/mol. The summed E-state index contributed by atoms with van der Waals surface area (Å²) in [6, 6.07) is 0. The van der Waals surface area contributed by atoms with Crippen molar-refractivity contribution in [2.24, 2.45) is 7.05 Å². The van der Waals surface area contributed by atoms with E-state index in [9.17, 15) is 5.11 Å². The van der Waals surface area contributed by atoms with Gasteiger partial charge in [-0.15, -0.1) is 0 Å². The Labute approximate surface area is 92.1 Å². The molecule has 0 radical (unpaired) electrons. The van der Waals surface area contributed by atoms with Crippen molar-refractivity contribution in [3.05, 3.63) is 11.4 Å². The van der Waals surface area contributed by atoms with E-state index in [2.05, 4.69) is 32.8 Å². The normalized spacial score (nSPS) is 12.1. The lowest BCUT2D eigenvalue weighted by Gasteiger charge is -2.14. The molecule has 0 amide bonds. The number of unbranched alkanes of at least 4 members (excludes halogenated alkanes) is 1. The van der Waals surface area contributed by atoms with E-state index < -0.39 is 0 Å². The first-order valence-electron chi connectivity index (χ1n) is 5.63. The van der Waals surface area contributed by atoms with Crippen LogP contribution in [0.25, 0.3) is 0 Å². The molecule has 0 saturated carbocycles. The molecule has 3 nitrogen and oxygen atoms in total. The van der Waals surface area contributed by atoms with Crippen molar-refractivity contribution in [2.45, 2.75) is 52.4 Å². The Hall–Kier alpha value is -0.990. The second-order valence-corrected chi connectivity index (χ2v) is 5.12. The molecule has 0 bridgehead atoms. The third kappa shape index (κ3) is 2.52. The molecule has 0 spiro atoms. The van der Waals surface area contributed by atoms with E-state index in [0.717, 1.165) is 30.7 Å². The molecule has 0 fully saturated rings. The molecule has 1 rings (SSSR count). The maximum Gasteiger partial charge on any atom is 0.160 e. The largest absolute Gasteiger partial charge is 0.504 e. The second-order valence-electron chi connectivity index (χ2n) is 5.12. The summed E-state index contributed by atoms with van der Waals surface area (Å²) < 4.78 is 1.81. The van der Waals surface area contributed by atoms with Gasteiger partial charge in [0.2, 0.25) is 0 Å². The van der Waals surface area contributed by atoms with Crippen LogP contribution in [-0.2, 0) is 18.9 Å². The SMILES string of the molecule is CCCCc1c(O)c(C(C)(C)C)nn1C. The molecule has 0 aliphatic carbocycles. The Morgan fingerprint density at radius 2 is 1.93 bits per heavy atom. The minimum absolute atomic E-state index is 0.0910. The predicted octanol–water partition coefficient (Wildman–Crippen LogP) is 2.77. The maximum atomic E-state index is 10.1. The van der Waals surface area contributed by atoms with Gasteiger partial charge >= 0.3 is 0 Å². The Kier molecular flexibility index (Phi) is 3.42. The fourth-order valence-electron chi connectivity index (χ4n) is 1.68. The highest BCUT2D eigenvalue weighted by Gasteiger charge is 2.25. The van der Waals surface area contributed by atoms with Gasteiger partial charge in [0.1, 0.15) is 5.69 Å². The first-order chi connectivity index (χ1) is 6.88. The van der Waals surface area contributed by atoms with Gasteiger partial charge in [-0.05, 0) is 12.8 Å². The summed E-state index contributed by atoms with van der Waals surface area (Å²) in [6.07, 6.45) is 3.13. The van der Waals surface area contributed by atoms with Gasteiger partial charge in [-0.25, -0.2) is 0 Å². The summed E-state index contributed by atoms with van der Waals surface area (Å²) in [6.45, 7) is 8.36. The minimum Gasteiger partial charge on any atom is -0.504 e. The van der Waals surface area contributed by atoms with Gasteiger partial charge in [-0.3, -0.25) is 4.68 Å². The summed E-state index contributed by atoms with van der Waals surface area (Å²) >= 11 is 0. The number of hydrogen-bond acceptors (Lipinski definition) is 2. The molecule has 0 aromatic carbocycles. The quantitative estimate of drug-likeness (QED) is 0.833. The summed E-state index contributed by atoms with van der Waals surface area (Å²) in [5.41, 5.74) is 1.67. The van der Waals surface area contributed by atoms with E-state index in [-0.39, 0.29) is 5.41 Å². The average molecular weight is 210 g/mol. The topological polar surface area (TPSA) is 38.1 Å². The lowest BCUT2D eigenvalue weighted by molar-refractivity contribution is 0.438. The van der Waals surface area contributed by atoms with E-state index in [4.69, 9.17) is 0 Å². The predicted molar refractivity (Wildman–Crippen MR) is 62.2 cm³/mol. The van der Waals surface area contributed by atoms with Crippen LogP contribution < -0.4 is 0 Å². The van der Waals surface area contributed by atoms with Gasteiger partial charge in [0, 0.05) is 12.5 Å². The molecule has 15 heavy (non-hydrogen) atoms. The molecule has 0 unspecified atom stereocenters. The van der Waals surface area contributed by atoms with Gasteiger partial charge in [-0.1, -0.05) is 34.1 Å². The molecule has 0 saturated heterocycles. The molecular formula is C12H22N2O. The van der Waals surface area contributed by atoms with Crippen molar-refractivity contribution in [3.63, 3.8) is 0 Å². The van der Waals surface area contributed by atoms with E-state index in [1.165, 1.54) is 0 Å². The van der Waals surface area contributed by atoms with Gasteiger partial charge in [0.05, 0.1) is 5.69 Å². The van der Waals surface area contributed by atoms with Crippen LogP contribution >= 0.6 is 0 Å². The van der Waals surface area contributed by atoms with E-state index in [1.807, 2.05) is 11.7 Å². The lowest BCUT2D eigenvalue weighted by atomic mass is 9.91. The Balaban J connectivity index is 3.04. The molecule has 1 aromatic rings. The molecule has 0 aliphatic heterocycles.